The van der Waals surface area contributed by atoms with Crippen LogP contribution < -0.4 is 0 Å². The molecule has 1 N–H and O–H groups in total. The summed E-state index contributed by atoms with van der Waals surface area (Å²) in [5.41, 5.74) is 0.714. The minimum atomic E-state index is -0.803. The molecule has 0 atom stereocenters. The number of rotatable bonds is 5. The highest BCUT2D eigenvalue weighted by atomic mass is 16.4. The Balaban J connectivity index is 3.54. The van der Waals surface area contributed by atoms with Gasteiger partial charge in [-0.15, -0.1) is 0 Å². The molecule has 0 aromatic carbocycles. The van der Waals surface area contributed by atoms with E-state index < -0.39 is 5.97 Å². The van der Waals surface area contributed by atoms with Crippen molar-refractivity contribution in [3.05, 3.63) is 0 Å². The zero-order valence-electron chi connectivity index (χ0n) is 7.13. The molecule has 0 fully saturated rings. The zero-order valence-corrected chi connectivity index (χ0v) is 7.13. The van der Waals surface area contributed by atoms with Gasteiger partial charge in [-0.2, -0.15) is 0 Å². The van der Waals surface area contributed by atoms with Gasteiger partial charge in [0.2, 0.25) is 0 Å². The van der Waals surface area contributed by atoms with Crippen LogP contribution in [0.3, 0.4) is 0 Å². The maximum absolute atomic E-state index is 10.2. The van der Waals surface area contributed by atoms with Crippen molar-refractivity contribution in [2.24, 2.45) is 4.99 Å². The Morgan fingerprint density at radius 3 is 2.64 bits per heavy atom. The second-order valence-electron chi connectivity index (χ2n) is 2.54. The molecule has 0 aliphatic rings. The summed E-state index contributed by atoms with van der Waals surface area (Å²) in [6, 6.07) is 0. The van der Waals surface area contributed by atoms with Crippen LogP contribution in [0.1, 0.15) is 33.1 Å². The van der Waals surface area contributed by atoms with Gasteiger partial charge in [0.05, 0.1) is 6.42 Å². The first kappa shape index (κ1) is 10.1. The predicted octanol–water partition coefficient (Wildman–Crippen LogP) is 1.72. The molecule has 64 valence electrons. The van der Waals surface area contributed by atoms with E-state index in [1.807, 2.05) is 0 Å². The van der Waals surface area contributed by atoms with Crippen LogP contribution in [0.4, 0.5) is 0 Å². The van der Waals surface area contributed by atoms with Crippen molar-refractivity contribution in [1.82, 2.24) is 0 Å². The first-order valence-corrected chi connectivity index (χ1v) is 3.88. The van der Waals surface area contributed by atoms with Gasteiger partial charge in [0.15, 0.2) is 0 Å². The van der Waals surface area contributed by atoms with Gasteiger partial charge in [0.1, 0.15) is 0 Å². The molecule has 0 saturated heterocycles. The molecule has 0 radical (unpaired) electrons. The molecule has 0 heterocycles. The van der Waals surface area contributed by atoms with Gasteiger partial charge in [0.25, 0.3) is 0 Å². The fraction of sp³-hybridized carbons (Fsp3) is 0.750. The van der Waals surface area contributed by atoms with Crippen LogP contribution in [0, 0.1) is 0 Å². The molecule has 0 aromatic rings. The molecule has 0 aliphatic carbocycles. The van der Waals surface area contributed by atoms with E-state index in [1.165, 1.54) is 0 Å². The number of nitrogens with zero attached hydrogens (tertiary/aromatic N) is 1. The maximum Gasteiger partial charge on any atom is 0.309 e. The summed E-state index contributed by atoms with van der Waals surface area (Å²) in [5.74, 6) is -0.803. The smallest absolute Gasteiger partial charge is 0.309 e. The second kappa shape index (κ2) is 5.89. The topological polar surface area (TPSA) is 49.7 Å². The van der Waals surface area contributed by atoms with Crippen molar-refractivity contribution >= 4 is 11.7 Å². The number of hydrogen-bond donors (Lipinski definition) is 1. The fourth-order valence-corrected chi connectivity index (χ4v) is 0.703. The van der Waals surface area contributed by atoms with Crippen molar-refractivity contribution in [1.29, 1.82) is 0 Å². The van der Waals surface area contributed by atoms with E-state index in [0.717, 1.165) is 19.4 Å². The zero-order chi connectivity index (χ0) is 8.69. The van der Waals surface area contributed by atoms with Crippen molar-refractivity contribution in [3.63, 3.8) is 0 Å². The highest BCUT2D eigenvalue weighted by Crippen LogP contribution is 1.91. The van der Waals surface area contributed by atoms with E-state index in [0.29, 0.717) is 5.71 Å². The Bertz CT molecular complexity index is 152. The molecule has 0 aliphatic heterocycles. The van der Waals surface area contributed by atoms with E-state index in [1.54, 1.807) is 6.92 Å². The molecule has 0 spiro atoms. The van der Waals surface area contributed by atoms with Crippen LogP contribution in [-0.4, -0.2) is 23.3 Å². The lowest BCUT2D eigenvalue weighted by atomic mass is 10.3. The lowest BCUT2D eigenvalue weighted by molar-refractivity contribution is -0.135. The van der Waals surface area contributed by atoms with Crippen molar-refractivity contribution in [3.8, 4) is 0 Å². The lowest BCUT2D eigenvalue weighted by Gasteiger charge is -1.95. The van der Waals surface area contributed by atoms with Crippen LogP contribution in [-0.2, 0) is 4.79 Å². The monoisotopic (exact) mass is 157 g/mol. The second-order valence-corrected chi connectivity index (χ2v) is 2.54. The molecule has 0 rings (SSSR count). The molecular formula is C8H15NO2. The predicted molar refractivity (Wildman–Crippen MR) is 45.1 cm³/mol. The standard InChI is InChI=1S/C8H15NO2/c1-3-4-5-9-7(2)6-8(10)11/h3-6H2,1-2H3,(H,10,11)/b9-7-. The molecule has 0 saturated carbocycles. The van der Waals surface area contributed by atoms with Crippen molar-refractivity contribution in [2.45, 2.75) is 33.1 Å². The van der Waals surface area contributed by atoms with Crippen molar-refractivity contribution < 1.29 is 9.90 Å². The number of carboxylic acids is 1. The highest BCUT2D eigenvalue weighted by Gasteiger charge is 1.97. The number of hydrogen-bond acceptors (Lipinski definition) is 2. The number of aliphatic carboxylic acids is 1. The normalized spacial score (nSPS) is 11.6. The number of aliphatic imine (C=N–C) groups is 1. The van der Waals surface area contributed by atoms with Crippen LogP contribution in [0.5, 0.6) is 0 Å². The van der Waals surface area contributed by atoms with Gasteiger partial charge in [0, 0.05) is 12.3 Å². The van der Waals surface area contributed by atoms with Crippen LogP contribution in [0.2, 0.25) is 0 Å². The van der Waals surface area contributed by atoms with Crippen LogP contribution in [0.25, 0.3) is 0 Å². The largest absolute Gasteiger partial charge is 0.481 e. The maximum atomic E-state index is 10.2. The Labute approximate surface area is 67.1 Å². The van der Waals surface area contributed by atoms with E-state index in [4.69, 9.17) is 5.11 Å². The third kappa shape index (κ3) is 7.03. The first-order valence-electron chi connectivity index (χ1n) is 3.88. The highest BCUT2D eigenvalue weighted by molar-refractivity contribution is 5.96. The van der Waals surface area contributed by atoms with Gasteiger partial charge < -0.3 is 5.11 Å². The fourth-order valence-electron chi connectivity index (χ4n) is 0.703. The van der Waals surface area contributed by atoms with Gasteiger partial charge >= 0.3 is 5.97 Å². The van der Waals surface area contributed by atoms with E-state index >= 15 is 0 Å². The van der Waals surface area contributed by atoms with Crippen LogP contribution in [0.15, 0.2) is 4.99 Å². The third-order valence-electron chi connectivity index (χ3n) is 1.30. The van der Waals surface area contributed by atoms with Gasteiger partial charge in [-0.05, 0) is 13.3 Å². The van der Waals surface area contributed by atoms with Crippen molar-refractivity contribution in [2.75, 3.05) is 6.54 Å². The quantitative estimate of drug-likeness (QED) is 0.488. The summed E-state index contributed by atoms with van der Waals surface area (Å²) in [6.45, 7) is 4.60. The van der Waals surface area contributed by atoms with E-state index in [-0.39, 0.29) is 6.42 Å². The molecule has 0 amide bonds. The Hall–Kier alpha value is -0.860. The van der Waals surface area contributed by atoms with E-state index in [9.17, 15) is 4.79 Å². The minimum Gasteiger partial charge on any atom is -0.481 e. The lowest BCUT2D eigenvalue weighted by Crippen LogP contribution is -2.03. The summed E-state index contributed by atoms with van der Waals surface area (Å²) in [5, 5.41) is 8.36. The molecule has 3 heteroatoms. The molecule has 0 aromatic heterocycles. The number of carboxylic acid groups (broad SMARTS) is 1. The van der Waals surface area contributed by atoms with Gasteiger partial charge in [-0.3, -0.25) is 9.79 Å². The van der Waals surface area contributed by atoms with E-state index in [2.05, 4.69) is 11.9 Å². The average molecular weight is 157 g/mol. The van der Waals surface area contributed by atoms with Gasteiger partial charge in [-0.1, -0.05) is 13.3 Å². The minimum absolute atomic E-state index is 0.0731. The number of carbonyl (C=O) groups is 1. The third-order valence-corrected chi connectivity index (χ3v) is 1.30. The molecule has 0 unspecified atom stereocenters. The summed E-state index contributed by atoms with van der Waals surface area (Å²) in [6.07, 6.45) is 2.21. The molecule has 11 heavy (non-hydrogen) atoms. The summed E-state index contributed by atoms with van der Waals surface area (Å²) < 4.78 is 0. The SMILES string of the molecule is CCCC/N=C(/C)CC(=O)O. The molecular weight excluding hydrogens is 142 g/mol. The number of unbranched alkanes of at least 4 members (excludes halogenated alkanes) is 1. The summed E-state index contributed by atoms with van der Waals surface area (Å²) in [4.78, 5) is 14.3. The summed E-state index contributed by atoms with van der Waals surface area (Å²) >= 11 is 0. The first-order chi connectivity index (χ1) is 5.16. The molecule has 0 bridgehead atoms. The Morgan fingerprint density at radius 2 is 2.18 bits per heavy atom. The van der Waals surface area contributed by atoms with Crippen LogP contribution >= 0.6 is 0 Å². The Morgan fingerprint density at radius 1 is 1.55 bits per heavy atom. The molecule has 3 nitrogen and oxygen atoms in total. The Kier molecular flexibility index (Phi) is 5.43. The average Bonchev–Trinajstić information content (AvgIpc) is 1.86. The van der Waals surface area contributed by atoms with Gasteiger partial charge in [-0.25, -0.2) is 0 Å². The summed E-state index contributed by atoms with van der Waals surface area (Å²) in [7, 11) is 0.